The van der Waals surface area contributed by atoms with E-state index in [1.807, 2.05) is 0 Å². The second-order valence-electron chi connectivity index (χ2n) is 7.73. The molecule has 0 radical (unpaired) electrons. The Hall–Kier alpha value is -3.90. The molecule has 6 rings (SSSR count). The highest BCUT2D eigenvalue weighted by Gasteiger charge is 2.17. The van der Waals surface area contributed by atoms with Crippen molar-refractivity contribution in [3.8, 4) is 22.3 Å². The Morgan fingerprint density at radius 2 is 0.767 bits per heavy atom. The van der Waals surface area contributed by atoms with Gasteiger partial charge in [-0.25, -0.2) is 0 Å². The molecule has 140 valence electrons. The summed E-state index contributed by atoms with van der Waals surface area (Å²) >= 11 is 0. The maximum absolute atomic E-state index is 2.27. The molecule has 0 saturated heterocycles. The van der Waals surface area contributed by atoms with E-state index in [2.05, 4.69) is 121 Å². The fourth-order valence-electron chi connectivity index (χ4n) is 4.78. The molecule has 0 unspecified atom stereocenters. The predicted molar refractivity (Wildman–Crippen MR) is 130 cm³/mol. The molecule has 0 fully saturated rings. The summed E-state index contributed by atoms with van der Waals surface area (Å²) in [5.41, 5.74) is 5.18. The molecule has 0 atom stereocenters. The van der Waals surface area contributed by atoms with Crippen LogP contribution in [0.2, 0.25) is 0 Å². The Bertz CT molecular complexity index is 1460. The smallest absolute Gasteiger partial charge is 0.00201 e. The van der Waals surface area contributed by atoms with Crippen LogP contribution in [0.15, 0.2) is 121 Å². The molecule has 0 aliphatic rings. The summed E-state index contributed by atoms with van der Waals surface area (Å²) in [6.45, 7) is 0. The average molecular weight is 380 g/mol. The summed E-state index contributed by atoms with van der Waals surface area (Å²) < 4.78 is 0. The molecule has 30 heavy (non-hydrogen) atoms. The lowest BCUT2D eigenvalue weighted by molar-refractivity contribution is 1.66. The molecule has 0 bridgehead atoms. The van der Waals surface area contributed by atoms with Gasteiger partial charge in [0.05, 0.1) is 0 Å². The van der Waals surface area contributed by atoms with Gasteiger partial charge in [0.1, 0.15) is 0 Å². The first kappa shape index (κ1) is 17.0. The van der Waals surface area contributed by atoms with Crippen LogP contribution in [0.5, 0.6) is 0 Å². The lowest BCUT2D eigenvalue weighted by Crippen LogP contribution is -1.91. The molecule has 0 aliphatic carbocycles. The minimum atomic E-state index is 1.26. The van der Waals surface area contributed by atoms with E-state index in [1.54, 1.807) is 0 Å². The van der Waals surface area contributed by atoms with E-state index >= 15 is 0 Å². The first-order valence-corrected chi connectivity index (χ1v) is 10.4. The predicted octanol–water partition coefficient (Wildman–Crippen LogP) is 8.48. The molecule has 0 amide bonds. The van der Waals surface area contributed by atoms with Crippen molar-refractivity contribution in [2.24, 2.45) is 0 Å². The van der Waals surface area contributed by atoms with Crippen LogP contribution in [0.3, 0.4) is 0 Å². The van der Waals surface area contributed by atoms with Crippen LogP contribution in [-0.2, 0) is 0 Å². The fourth-order valence-corrected chi connectivity index (χ4v) is 4.78. The minimum absolute atomic E-state index is 1.26. The van der Waals surface area contributed by atoms with Gasteiger partial charge < -0.3 is 0 Å². The molecular formula is C30H20. The van der Waals surface area contributed by atoms with E-state index in [-0.39, 0.29) is 0 Å². The van der Waals surface area contributed by atoms with Gasteiger partial charge in [0.25, 0.3) is 0 Å². The van der Waals surface area contributed by atoms with Crippen LogP contribution < -0.4 is 0 Å². The van der Waals surface area contributed by atoms with Gasteiger partial charge in [-0.05, 0) is 54.6 Å². The Kier molecular flexibility index (Phi) is 3.89. The van der Waals surface area contributed by atoms with Gasteiger partial charge in [-0.15, -0.1) is 0 Å². The Labute approximate surface area is 176 Å². The van der Waals surface area contributed by atoms with Crippen molar-refractivity contribution in [1.29, 1.82) is 0 Å². The van der Waals surface area contributed by atoms with Gasteiger partial charge in [0, 0.05) is 0 Å². The van der Waals surface area contributed by atoms with Crippen LogP contribution in [0.25, 0.3) is 54.6 Å². The molecule has 6 aromatic carbocycles. The third-order valence-corrected chi connectivity index (χ3v) is 6.05. The second kappa shape index (κ2) is 6.86. The third-order valence-electron chi connectivity index (χ3n) is 6.05. The fraction of sp³-hybridized carbons (Fsp3) is 0. The van der Waals surface area contributed by atoms with E-state index in [4.69, 9.17) is 0 Å². The van der Waals surface area contributed by atoms with Crippen LogP contribution in [0, 0.1) is 0 Å². The van der Waals surface area contributed by atoms with Crippen molar-refractivity contribution in [3.63, 3.8) is 0 Å². The van der Waals surface area contributed by atoms with Gasteiger partial charge >= 0.3 is 0 Å². The molecule has 0 spiro atoms. The summed E-state index contributed by atoms with van der Waals surface area (Å²) in [6.07, 6.45) is 0. The standard InChI is InChI=1S/C30H20/c1-2-12-22(13-3-1)29-25-16-6-8-18-27(25)30(28-19-9-7-17-26(28)29)24-20-10-14-21-11-4-5-15-23(21)24/h1-20H. The Balaban J connectivity index is 1.85. The van der Waals surface area contributed by atoms with Crippen molar-refractivity contribution in [2.45, 2.75) is 0 Å². The van der Waals surface area contributed by atoms with Gasteiger partial charge in [0.15, 0.2) is 0 Å². The van der Waals surface area contributed by atoms with Gasteiger partial charge in [-0.2, -0.15) is 0 Å². The number of hydrogen-bond donors (Lipinski definition) is 0. The van der Waals surface area contributed by atoms with Crippen LogP contribution >= 0.6 is 0 Å². The van der Waals surface area contributed by atoms with Crippen molar-refractivity contribution >= 4 is 32.3 Å². The topological polar surface area (TPSA) is 0 Å². The zero-order chi connectivity index (χ0) is 19.9. The molecule has 0 nitrogen and oxygen atoms in total. The van der Waals surface area contributed by atoms with E-state index in [1.165, 1.54) is 54.6 Å². The maximum atomic E-state index is 2.27. The van der Waals surface area contributed by atoms with Gasteiger partial charge in [0.2, 0.25) is 0 Å². The quantitative estimate of drug-likeness (QED) is 0.264. The number of rotatable bonds is 2. The summed E-state index contributed by atoms with van der Waals surface area (Å²) in [5.74, 6) is 0. The Morgan fingerprint density at radius 1 is 0.300 bits per heavy atom. The lowest BCUT2D eigenvalue weighted by Gasteiger charge is -2.18. The molecule has 0 N–H and O–H groups in total. The minimum Gasteiger partial charge on any atom is -0.0622 e. The average Bonchev–Trinajstić information content (AvgIpc) is 2.83. The summed E-state index contributed by atoms with van der Waals surface area (Å²) in [6, 6.07) is 43.7. The van der Waals surface area contributed by atoms with Crippen LogP contribution in [-0.4, -0.2) is 0 Å². The SMILES string of the molecule is c1ccc(-c2c3ccccc3c(-c3cccc4ccccc34)c3ccccc23)cc1. The van der Waals surface area contributed by atoms with Gasteiger partial charge in [-0.1, -0.05) is 121 Å². The number of hydrogen-bond acceptors (Lipinski definition) is 0. The van der Waals surface area contributed by atoms with E-state index < -0.39 is 0 Å². The highest BCUT2D eigenvalue weighted by molar-refractivity contribution is 6.23. The molecule has 0 saturated carbocycles. The van der Waals surface area contributed by atoms with Crippen molar-refractivity contribution in [1.82, 2.24) is 0 Å². The molecule has 6 aromatic rings. The molecule has 0 heterocycles. The normalized spacial score (nSPS) is 11.3. The summed E-state index contributed by atoms with van der Waals surface area (Å²) in [7, 11) is 0. The monoisotopic (exact) mass is 380 g/mol. The van der Waals surface area contributed by atoms with Crippen LogP contribution in [0.1, 0.15) is 0 Å². The number of benzene rings is 6. The molecule has 0 aromatic heterocycles. The lowest BCUT2D eigenvalue weighted by atomic mass is 9.85. The zero-order valence-electron chi connectivity index (χ0n) is 16.5. The summed E-state index contributed by atoms with van der Waals surface area (Å²) in [5, 5.41) is 7.76. The highest BCUT2D eigenvalue weighted by Crippen LogP contribution is 2.44. The molecule has 0 heteroatoms. The van der Waals surface area contributed by atoms with E-state index in [9.17, 15) is 0 Å². The van der Waals surface area contributed by atoms with Crippen molar-refractivity contribution in [2.75, 3.05) is 0 Å². The van der Waals surface area contributed by atoms with E-state index in [0.717, 1.165) is 0 Å². The third kappa shape index (κ3) is 2.54. The highest BCUT2D eigenvalue weighted by atomic mass is 14.2. The summed E-state index contributed by atoms with van der Waals surface area (Å²) in [4.78, 5) is 0. The second-order valence-corrected chi connectivity index (χ2v) is 7.73. The van der Waals surface area contributed by atoms with Crippen molar-refractivity contribution < 1.29 is 0 Å². The largest absolute Gasteiger partial charge is 0.0622 e. The van der Waals surface area contributed by atoms with Crippen molar-refractivity contribution in [3.05, 3.63) is 121 Å². The zero-order valence-corrected chi connectivity index (χ0v) is 16.5. The van der Waals surface area contributed by atoms with Crippen LogP contribution in [0.4, 0.5) is 0 Å². The first-order valence-electron chi connectivity index (χ1n) is 10.4. The molecule has 0 aliphatic heterocycles. The van der Waals surface area contributed by atoms with E-state index in [0.29, 0.717) is 0 Å². The maximum Gasteiger partial charge on any atom is -0.00201 e. The van der Waals surface area contributed by atoms with Gasteiger partial charge in [-0.3, -0.25) is 0 Å². The number of fused-ring (bicyclic) bond motifs is 3. The molecular weight excluding hydrogens is 360 g/mol. The Morgan fingerprint density at radius 3 is 1.40 bits per heavy atom. The first-order chi connectivity index (χ1) is 14.9.